The average Bonchev–Trinajstić information content (AvgIpc) is 3.48. The van der Waals surface area contributed by atoms with E-state index in [4.69, 9.17) is 4.74 Å². The Balaban J connectivity index is 1.25. The first-order valence-electron chi connectivity index (χ1n) is 11.0. The van der Waals surface area contributed by atoms with Crippen LogP contribution in [-0.2, 0) is 34.3 Å². The van der Waals surface area contributed by atoms with E-state index in [9.17, 15) is 18.3 Å². The van der Waals surface area contributed by atoms with Crippen molar-refractivity contribution < 1.29 is 23.1 Å². The average molecular weight is 453 g/mol. The lowest BCUT2D eigenvalue weighted by Gasteiger charge is -2.41. The lowest BCUT2D eigenvalue weighted by atomic mass is 9.82. The molecule has 1 aliphatic carbocycles. The molecule has 3 aliphatic rings. The number of carboxylic acid groups (broad SMARTS) is 1. The van der Waals surface area contributed by atoms with Gasteiger partial charge in [0.25, 0.3) is 0 Å². The maximum atomic E-state index is 11.7. The van der Waals surface area contributed by atoms with Gasteiger partial charge in [0.1, 0.15) is 6.61 Å². The topological polar surface area (TPSA) is 113 Å². The highest BCUT2D eigenvalue weighted by Crippen LogP contribution is 2.53. The molecule has 9 nitrogen and oxygen atoms in total. The molecule has 172 valence electrons. The normalized spacial score (nSPS) is 25.8. The number of aromatic nitrogens is 2. The fourth-order valence-corrected chi connectivity index (χ4v) is 5.61. The zero-order chi connectivity index (χ0) is 22.2. The van der Waals surface area contributed by atoms with Gasteiger partial charge in [-0.2, -0.15) is 4.31 Å². The van der Waals surface area contributed by atoms with Crippen LogP contribution in [0.4, 0.5) is 4.79 Å². The van der Waals surface area contributed by atoms with Crippen LogP contribution in [-0.4, -0.2) is 70.8 Å². The van der Waals surface area contributed by atoms with Crippen LogP contribution in [0.5, 0.6) is 0 Å². The van der Waals surface area contributed by atoms with Gasteiger partial charge in [0.2, 0.25) is 10.0 Å². The maximum absolute atomic E-state index is 11.7. The van der Waals surface area contributed by atoms with Gasteiger partial charge in [0.05, 0.1) is 11.9 Å². The summed E-state index contributed by atoms with van der Waals surface area (Å²) in [6.45, 7) is 4.51. The van der Waals surface area contributed by atoms with Crippen molar-refractivity contribution in [2.24, 2.45) is 11.3 Å². The summed E-state index contributed by atoms with van der Waals surface area (Å²) in [6.07, 6.45) is 7.66. The summed E-state index contributed by atoms with van der Waals surface area (Å²) in [5, 5.41) is 9.52. The van der Waals surface area contributed by atoms with Gasteiger partial charge >= 0.3 is 6.09 Å². The van der Waals surface area contributed by atoms with Gasteiger partial charge in [0, 0.05) is 50.5 Å². The van der Waals surface area contributed by atoms with Crippen LogP contribution in [0.1, 0.15) is 56.1 Å². The molecule has 3 heterocycles. The van der Waals surface area contributed by atoms with Crippen molar-refractivity contribution >= 4 is 16.1 Å². The maximum Gasteiger partial charge on any atom is 0.407 e. The van der Waals surface area contributed by atoms with Crippen molar-refractivity contribution in [3.8, 4) is 0 Å². The van der Waals surface area contributed by atoms with E-state index >= 15 is 0 Å². The number of piperidine rings is 1. The van der Waals surface area contributed by atoms with Crippen molar-refractivity contribution in [2.75, 3.05) is 26.0 Å². The number of likely N-dealkylation sites (tertiary alicyclic amines) is 1. The van der Waals surface area contributed by atoms with Gasteiger partial charge in [-0.3, -0.25) is 0 Å². The van der Waals surface area contributed by atoms with Crippen molar-refractivity contribution in [3.63, 3.8) is 0 Å². The first-order chi connectivity index (χ1) is 14.7. The van der Waals surface area contributed by atoms with Crippen molar-refractivity contribution in [3.05, 3.63) is 23.3 Å². The number of amides is 1. The van der Waals surface area contributed by atoms with E-state index in [0.29, 0.717) is 51.0 Å². The van der Waals surface area contributed by atoms with Gasteiger partial charge in [-0.1, -0.05) is 6.92 Å². The Bertz CT molecular complexity index is 934. The van der Waals surface area contributed by atoms with Gasteiger partial charge < -0.3 is 14.7 Å². The number of hydrogen-bond acceptors (Lipinski definition) is 6. The predicted octanol–water partition coefficient (Wildman–Crippen LogP) is 2.26. The molecule has 0 bridgehead atoms. The van der Waals surface area contributed by atoms with E-state index in [1.807, 2.05) is 0 Å². The summed E-state index contributed by atoms with van der Waals surface area (Å²) in [5.74, 6) is 1.10. The van der Waals surface area contributed by atoms with Crippen LogP contribution in [0, 0.1) is 11.3 Å². The third-order valence-corrected chi connectivity index (χ3v) is 8.37. The fourth-order valence-electron chi connectivity index (χ4n) is 4.82. The molecule has 0 aromatic carbocycles. The number of hydrogen-bond donors (Lipinski definition) is 1. The third kappa shape index (κ3) is 5.18. The Kier molecular flexibility index (Phi) is 6.24. The van der Waals surface area contributed by atoms with Gasteiger partial charge in [-0.15, -0.1) is 0 Å². The zero-order valence-electron chi connectivity index (χ0n) is 18.3. The molecule has 2 fully saturated rings. The highest BCUT2D eigenvalue weighted by molar-refractivity contribution is 7.88. The van der Waals surface area contributed by atoms with E-state index in [1.54, 1.807) is 11.1 Å². The minimum Gasteiger partial charge on any atom is -0.465 e. The Labute approximate surface area is 183 Å². The fraction of sp³-hybridized carbons (Fsp3) is 0.762. The van der Waals surface area contributed by atoms with Crippen molar-refractivity contribution in [1.82, 2.24) is 19.2 Å². The number of carbonyl (C=O) groups is 1. The van der Waals surface area contributed by atoms with Crippen LogP contribution in [0.15, 0.2) is 6.20 Å². The summed E-state index contributed by atoms with van der Waals surface area (Å²) in [4.78, 5) is 22.1. The molecule has 1 N–H and O–H groups in total. The zero-order valence-corrected chi connectivity index (χ0v) is 19.1. The molecule has 1 amide bonds. The molecule has 2 unspecified atom stereocenters. The summed E-state index contributed by atoms with van der Waals surface area (Å²) in [5.41, 5.74) is 1.90. The van der Waals surface area contributed by atoms with Crippen molar-refractivity contribution in [1.29, 1.82) is 0 Å². The first kappa shape index (κ1) is 22.4. The molecule has 2 aliphatic heterocycles. The summed E-state index contributed by atoms with van der Waals surface area (Å²) in [7, 11) is -3.21. The molecular formula is C21H32N4O5S. The molecule has 0 spiro atoms. The number of rotatable bonds is 7. The van der Waals surface area contributed by atoms with Crippen LogP contribution >= 0.6 is 0 Å². The molecule has 2 atom stereocenters. The lowest BCUT2D eigenvalue weighted by molar-refractivity contribution is 0.0441. The van der Waals surface area contributed by atoms with E-state index in [0.717, 1.165) is 43.4 Å². The molecule has 1 saturated carbocycles. The van der Waals surface area contributed by atoms with Crippen molar-refractivity contribution in [2.45, 2.75) is 64.6 Å². The molecule has 4 rings (SSSR count). The van der Waals surface area contributed by atoms with Gasteiger partial charge in [-0.25, -0.2) is 23.2 Å². The molecule has 10 heteroatoms. The molecule has 1 saturated heterocycles. The number of ether oxygens (including phenoxy) is 1. The minimum atomic E-state index is -3.21. The molecule has 1 aromatic rings. The number of nitrogens with zero attached hydrogens (tertiary/aromatic N) is 4. The second kappa shape index (κ2) is 8.63. The monoisotopic (exact) mass is 452 g/mol. The lowest BCUT2D eigenvalue weighted by Crippen LogP contribution is -2.49. The smallest absolute Gasteiger partial charge is 0.407 e. The van der Waals surface area contributed by atoms with E-state index < -0.39 is 16.1 Å². The molecule has 1 aromatic heterocycles. The Morgan fingerprint density at radius 2 is 2.13 bits per heavy atom. The predicted molar refractivity (Wildman–Crippen MR) is 114 cm³/mol. The quantitative estimate of drug-likeness (QED) is 0.631. The van der Waals surface area contributed by atoms with Crippen LogP contribution in [0.25, 0.3) is 0 Å². The number of fused-ring (bicyclic) bond motifs is 1. The van der Waals surface area contributed by atoms with E-state index in [-0.39, 0.29) is 11.5 Å². The SMILES string of the molecule is CC1(C2CC(CCOCc3ncc4c(n3)CCN(S(C)(=O)=O)C4)CCN2C(=O)O)CC1. The standard InChI is InChI=1S/C21H32N4O5S/c1-21(6-7-21)18-11-15(3-9-25(18)20(26)27)5-10-30-14-19-22-12-16-13-24(31(2,28)29)8-4-17(16)23-19/h12,15,18H,3-11,13-14H2,1-2H3,(H,26,27). The third-order valence-electron chi connectivity index (χ3n) is 7.12. The second-order valence-electron chi connectivity index (χ2n) is 9.48. The van der Waals surface area contributed by atoms with Gasteiger partial charge in [0.15, 0.2) is 5.82 Å². The Hall–Kier alpha value is -1.78. The summed E-state index contributed by atoms with van der Waals surface area (Å²) < 4.78 is 30.7. The van der Waals surface area contributed by atoms with Crippen LogP contribution in [0.3, 0.4) is 0 Å². The Morgan fingerprint density at radius 3 is 2.81 bits per heavy atom. The van der Waals surface area contributed by atoms with Crippen LogP contribution < -0.4 is 0 Å². The van der Waals surface area contributed by atoms with Crippen LogP contribution in [0.2, 0.25) is 0 Å². The van der Waals surface area contributed by atoms with E-state index in [2.05, 4.69) is 16.9 Å². The highest BCUT2D eigenvalue weighted by atomic mass is 32.2. The molecule has 31 heavy (non-hydrogen) atoms. The highest BCUT2D eigenvalue weighted by Gasteiger charge is 2.50. The summed E-state index contributed by atoms with van der Waals surface area (Å²) in [6, 6.07) is 0.124. The first-order valence-corrected chi connectivity index (χ1v) is 12.9. The second-order valence-corrected chi connectivity index (χ2v) is 11.5. The minimum absolute atomic E-state index is 0.124. The summed E-state index contributed by atoms with van der Waals surface area (Å²) >= 11 is 0. The van der Waals surface area contributed by atoms with Gasteiger partial charge in [-0.05, 0) is 43.4 Å². The molecule has 0 radical (unpaired) electrons. The van der Waals surface area contributed by atoms with E-state index in [1.165, 1.54) is 10.6 Å². The number of sulfonamides is 1. The molecular weight excluding hydrogens is 420 g/mol. The Morgan fingerprint density at radius 1 is 1.35 bits per heavy atom. The largest absolute Gasteiger partial charge is 0.465 e.